The van der Waals surface area contributed by atoms with E-state index in [9.17, 15) is 24.0 Å². The van der Waals surface area contributed by atoms with Crippen molar-refractivity contribution in [1.29, 1.82) is 0 Å². The summed E-state index contributed by atoms with van der Waals surface area (Å²) in [7, 11) is 0. The molecule has 2 aromatic rings. The molecule has 2 heterocycles. The first kappa shape index (κ1) is 42.8. The van der Waals surface area contributed by atoms with Crippen LogP contribution in [0, 0.1) is 0 Å². The van der Waals surface area contributed by atoms with Gasteiger partial charge in [0.25, 0.3) is 0 Å². The van der Waals surface area contributed by atoms with E-state index in [1.165, 1.54) is 0 Å². The Hall–Kier alpha value is -4.37. The average molecular weight is 719 g/mol. The first-order valence-corrected chi connectivity index (χ1v) is 16.7. The summed E-state index contributed by atoms with van der Waals surface area (Å²) in [6.45, 7) is 16.5. The molecule has 2 saturated heterocycles. The number of esters is 3. The Kier molecular flexibility index (Phi) is 17.7. The largest absolute Gasteiger partial charge is 0.491 e. The minimum absolute atomic E-state index is 0.0486. The lowest BCUT2D eigenvalue weighted by Gasteiger charge is -2.17. The number of rotatable bonds is 13. The number of carbonyl (C=O) groups excluding carboxylic acids is 5. The molecule has 282 valence electrons. The van der Waals surface area contributed by atoms with Gasteiger partial charge in [-0.2, -0.15) is 0 Å². The molecule has 51 heavy (non-hydrogen) atoms. The fourth-order valence-corrected chi connectivity index (χ4v) is 4.42. The molecule has 0 aliphatic carbocycles. The van der Waals surface area contributed by atoms with E-state index in [2.05, 4.69) is 9.47 Å². The molecular formula is C37H50O14. The Morgan fingerprint density at radius 2 is 1.02 bits per heavy atom. The number of ether oxygens (including phenoxy) is 9. The van der Waals surface area contributed by atoms with E-state index in [1.807, 2.05) is 27.7 Å². The second-order valence-corrected chi connectivity index (χ2v) is 12.0. The smallest absolute Gasteiger partial charge is 0.417 e. The highest BCUT2D eigenvalue weighted by molar-refractivity contribution is 6.29. The molecule has 2 aliphatic rings. The first-order chi connectivity index (χ1) is 24.1. The van der Waals surface area contributed by atoms with Crippen LogP contribution in [0.4, 0.5) is 0 Å². The molecule has 0 radical (unpaired) electrons. The van der Waals surface area contributed by atoms with E-state index in [-0.39, 0.29) is 50.0 Å². The van der Waals surface area contributed by atoms with Crippen molar-refractivity contribution >= 4 is 29.5 Å². The second kappa shape index (κ2) is 21.1. The Labute approximate surface area is 298 Å². The fourth-order valence-electron chi connectivity index (χ4n) is 4.42. The van der Waals surface area contributed by atoms with Crippen LogP contribution >= 0.6 is 0 Å². The summed E-state index contributed by atoms with van der Waals surface area (Å²) in [5.74, 6) is -2.32. The first-order valence-electron chi connectivity index (χ1n) is 16.7. The molecule has 0 N–H and O–H groups in total. The third-order valence-electron chi connectivity index (χ3n) is 6.77. The maximum Gasteiger partial charge on any atom is 0.417 e. The molecule has 0 spiro atoms. The summed E-state index contributed by atoms with van der Waals surface area (Å²) in [5, 5.41) is 0. The molecule has 2 atom stereocenters. The van der Waals surface area contributed by atoms with Gasteiger partial charge in [0.05, 0.1) is 33.0 Å². The predicted molar refractivity (Wildman–Crippen MR) is 183 cm³/mol. The van der Waals surface area contributed by atoms with Crippen LogP contribution in [-0.4, -0.2) is 99.5 Å². The van der Waals surface area contributed by atoms with Gasteiger partial charge in [-0.3, -0.25) is 14.4 Å². The number of benzene rings is 2. The monoisotopic (exact) mass is 718 g/mol. The molecule has 2 unspecified atom stereocenters. The standard InChI is InChI=1S/C17H22O6.C14H18O4.C6H10O4/c1-4-20-16(19)9-15(18)12-5-7-13(8-6-12)21-10-14-11-22-17(2,3)23-14;1-10(15)11-4-6-12(7-5-11)16-8-13-9-17-14(2,3)18-13;1-3-9-5(7)6(8)10-4-2/h5-8,14H,4,9-11H2,1-3H3;4-7,13H,8-9H2,1-3H3;3-4H2,1-2H3. The SMILES string of the molecule is CC(=O)c1ccc(OCC2COC(C)(C)O2)cc1.CCOC(=O)C(=O)OCC.CCOC(=O)CC(=O)c1ccc(OCC2COC(C)(C)O2)cc1. The molecule has 2 aromatic carbocycles. The van der Waals surface area contributed by atoms with Gasteiger partial charge in [0.15, 0.2) is 23.1 Å². The fraction of sp³-hybridized carbons (Fsp3) is 0.541. The third kappa shape index (κ3) is 16.5. The number of ketones is 2. The van der Waals surface area contributed by atoms with Crippen LogP contribution in [0.25, 0.3) is 0 Å². The zero-order chi connectivity index (χ0) is 38.0. The molecular weight excluding hydrogens is 668 g/mol. The minimum atomic E-state index is -0.927. The Morgan fingerprint density at radius 3 is 1.35 bits per heavy atom. The van der Waals surface area contributed by atoms with Crippen LogP contribution in [0.5, 0.6) is 11.5 Å². The highest BCUT2D eigenvalue weighted by Gasteiger charge is 2.34. The predicted octanol–water partition coefficient (Wildman–Crippen LogP) is 4.88. The average Bonchev–Trinajstić information content (AvgIpc) is 3.63. The Balaban J connectivity index is 0.000000286. The number of carbonyl (C=O) groups is 5. The van der Waals surface area contributed by atoms with Crippen LogP contribution in [0.15, 0.2) is 48.5 Å². The molecule has 0 aromatic heterocycles. The van der Waals surface area contributed by atoms with Gasteiger partial charge >= 0.3 is 17.9 Å². The van der Waals surface area contributed by atoms with Crippen LogP contribution in [0.3, 0.4) is 0 Å². The van der Waals surface area contributed by atoms with Crippen molar-refractivity contribution in [2.75, 3.05) is 46.2 Å². The lowest BCUT2D eigenvalue weighted by Crippen LogP contribution is -2.25. The summed E-state index contributed by atoms with van der Waals surface area (Å²) in [6.07, 6.45) is -0.418. The second-order valence-electron chi connectivity index (χ2n) is 12.0. The zero-order valence-corrected chi connectivity index (χ0v) is 30.6. The molecule has 4 rings (SSSR count). The van der Waals surface area contributed by atoms with Gasteiger partial charge in [0, 0.05) is 11.1 Å². The van der Waals surface area contributed by atoms with Crippen LogP contribution in [0.2, 0.25) is 0 Å². The Bertz CT molecular complexity index is 1400. The van der Waals surface area contributed by atoms with E-state index in [0.717, 1.165) is 5.75 Å². The van der Waals surface area contributed by atoms with Gasteiger partial charge in [-0.25, -0.2) is 9.59 Å². The van der Waals surface area contributed by atoms with Crippen molar-refractivity contribution in [3.8, 4) is 11.5 Å². The molecule has 2 aliphatic heterocycles. The van der Waals surface area contributed by atoms with Gasteiger partial charge in [-0.05, 0) is 104 Å². The van der Waals surface area contributed by atoms with Crippen LogP contribution < -0.4 is 9.47 Å². The van der Waals surface area contributed by atoms with Crippen LogP contribution in [-0.2, 0) is 47.5 Å². The van der Waals surface area contributed by atoms with Gasteiger partial charge in [0.1, 0.15) is 43.3 Å². The van der Waals surface area contributed by atoms with E-state index in [4.69, 9.17) is 33.2 Å². The third-order valence-corrected chi connectivity index (χ3v) is 6.77. The van der Waals surface area contributed by atoms with Crippen molar-refractivity contribution < 1.29 is 66.6 Å². The minimum Gasteiger partial charge on any atom is -0.491 e. The summed E-state index contributed by atoms with van der Waals surface area (Å²) in [5.41, 5.74) is 1.14. The number of hydrogen-bond acceptors (Lipinski definition) is 14. The molecule has 0 bridgehead atoms. The topological polar surface area (TPSA) is 168 Å². The Morgan fingerprint density at radius 1 is 0.627 bits per heavy atom. The van der Waals surface area contributed by atoms with Gasteiger partial charge in [-0.15, -0.1) is 0 Å². The van der Waals surface area contributed by atoms with Gasteiger partial charge in [0.2, 0.25) is 0 Å². The van der Waals surface area contributed by atoms with Gasteiger partial charge in [-0.1, -0.05) is 0 Å². The van der Waals surface area contributed by atoms with Crippen molar-refractivity contribution in [2.24, 2.45) is 0 Å². The van der Waals surface area contributed by atoms with E-state index >= 15 is 0 Å². The van der Waals surface area contributed by atoms with Crippen molar-refractivity contribution in [3.63, 3.8) is 0 Å². The molecule has 0 saturated carbocycles. The van der Waals surface area contributed by atoms with E-state index in [1.54, 1.807) is 76.2 Å². The van der Waals surface area contributed by atoms with Gasteiger partial charge < -0.3 is 42.6 Å². The maximum atomic E-state index is 11.9. The summed E-state index contributed by atoms with van der Waals surface area (Å²) in [6, 6.07) is 13.7. The number of hydrogen-bond donors (Lipinski definition) is 0. The highest BCUT2D eigenvalue weighted by Crippen LogP contribution is 2.24. The quantitative estimate of drug-likeness (QED) is 0.0903. The summed E-state index contributed by atoms with van der Waals surface area (Å²) >= 11 is 0. The molecule has 2 fully saturated rings. The van der Waals surface area contributed by atoms with Crippen molar-refractivity contribution in [3.05, 3.63) is 59.7 Å². The summed E-state index contributed by atoms with van der Waals surface area (Å²) < 4.78 is 46.9. The van der Waals surface area contributed by atoms with E-state index < -0.39 is 29.5 Å². The van der Waals surface area contributed by atoms with E-state index in [0.29, 0.717) is 43.3 Å². The maximum absolute atomic E-state index is 11.9. The zero-order valence-electron chi connectivity index (χ0n) is 30.6. The normalized spacial score (nSPS) is 18.1. The highest BCUT2D eigenvalue weighted by atomic mass is 16.8. The lowest BCUT2D eigenvalue weighted by atomic mass is 10.1. The number of Topliss-reactive ketones (excluding diaryl/α,β-unsaturated/α-hetero) is 2. The molecule has 14 heteroatoms. The molecule has 0 amide bonds. The lowest BCUT2D eigenvalue weighted by molar-refractivity contribution is -0.167. The molecule has 14 nitrogen and oxygen atoms in total. The van der Waals surface area contributed by atoms with Crippen molar-refractivity contribution in [2.45, 2.75) is 85.6 Å². The van der Waals surface area contributed by atoms with Crippen molar-refractivity contribution in [1.82, 2.24) is 0 Å². The summed E-state index contributed by atoms with van der Waals surface area (Å²) in [4.78, 5) is 55.2. The van der Waals surface area contributed by atoms with Crippen LogP contribution in [0.1, 0.15) is 82.5 Å².